The lowest BCUT2D eigenvalue weighted by molar-refractivity contribution is 0.274. The fourth-order valence-electron chi connectivity index (χ4n) is 4.66. The van der Waals surface area contributed by atoms with Gasteiger partial charge < -0.3 is 19.9 Å². The number of fused-ring (bicyclic) bond motifs is 2. The number of aliphatic hydroxyl groups is 1. The van der Waals surface area contributed by atoms with E-state index >= 15 is 0 Å². The number of aliphatic hydroxyl groups excluding tert-OH is 1. The van der Waals surface area contributed by atoms with Gasteiger partial charge in [-0.15, -0.1) is 11.3 Å². The summed E-state index contributed by atoms with van der Waals surface area (Å²) in [7, 11) is 2.19. The lowest BCUT2D eigenvalue weighted by atomic mass is 9.93. The quantitative estimate of drug-likeness (QED) is 0.430. The van der Waals surface area contributed by atoms with Crippen LogP contribution in [-0.4, -0.2) is 65.0 Å². The lowest BCUT2D eigenvalue weighted by Gasteiger charge is -2.34. The Kier molecular flexibility index (Phi) is 5.26. The molecule has 1 aliphatic rings. The maximum atomic E-state index is 9.46. The van der Waals surface area contributed by atoms with E-state index in [1.54, 1.807) is 11.3 Å². The third-order valence-electron chi connectivity index (χ3n) is 6.46. The van der Waals surface area contributed by atoms with Crippen LogP contribution in [-0.2, 0) is 0 Å². The van der Waals surface area contributed by atoms with Crippen molar-refractivity contribution < 1.29 is 5.11 Å². The van der Waals surface area contributed by atoms with Gasteiger partial charge >= 0.3 is 0 Å². The van der Waals surface area contributed by atoms with Crippen LogP contribution in [0.25, 0.3) is 32.5 Å². The molecule has 3 N–H and O–H groups in total. The van der Waals surface area contributed by atoms with Gasteiger partial charge in [-0.3, -0.25) is 5.10 Å². The van der Waals surface area contributed by atoms with Crippen molar-refractivity contribution in [3.05, 3.63) is 35.2 Å². The fourth-order valence-corrected chi connectivity index (χ4v) is 5.50. The molecule has 4 aromatic rings. The van der Waals surface area contributed by atoms with Crippen molar-refractivity contribution in [2.45, 2.75) is 25.7 Å². The van der Waals surface area contributed by atoms with Gasteiger partial charge in [0.2, 0.25) is 0 Å². The van der Waals surface area contributed by atoms with Crippen LogP contribution < -0.4 is 4.90 Å². The number of hydrogen-bond donors (Lipinski definition) is 3. The smallest absolute Gasteiger partial charge is 0.128 e. The van der Waals surface area contributed by atoms with E-state index in [1.165, 1.54) is 21.3 Å². The zero-order chi connectivity index (χ0) is 20.7. The summed E-state index contributed by atoms with van der Waals surface area (Å²) in [5.41, 5.74) is 6.92. The van der Waals surface area contributed by atoms with Crippen LogP contribution in [0.5, 0.6) is 0 Å². The molecule has 4 heterocycles. The third kappa shape index (κ3) is 3.31. The molecular weight excluding hydrogens is 394 g/mol. The van der Waals surface area contributed by atoms with Gasteiger partial charge in [0.25, 0.3) is 0 Å². The number of benzene rings is 1. The molecule has 0 saturated carbocycles. The first kappa shape index (κ1) is 19.6. The highest BCUT2D eigenvalue weighted by Gasteiger charge is 2.25. The van der Waals surface area contributed by atoms with Crippen LogP contribution in [0.2, 0.25) is 0 Å². The van der Waals surface area contributed by atoms with Crippen molar-refractivity contribution in [1.82, 2.24) is 20.1 Å². The molecule has 158 valence electrons. The summed E-state index contributed by atoms with van der Waals surface area (Å²) in [6, 6.07) is 8.87. The Bertz CT molecular complexity index is 1150. The van der Waals surface area contributed by atoms with Gasteiger partial charge in [0.05, 0.1) is 21.6 Å². The van der Waals surface area contributed by atoms with Gasteiger partial charge in [0.15, 0.2) is 0 Å². The number of rotatable bonds is 6. The molecule has 30 heavy (non-hydrogen) atoms. The Morgan fingerprint density at radius 2 is 2.00 bits per heavy atom. The number of anilines is 1. The Labute approximate surface area is 180 Å². The van der Waals surface area contributed by atoms with Crippen molar-refractivity contribution in [3.8, 4) is 11.4 Å². The molecule has 7 heteroatoms. The summed E-state index contributed by atoms with van der Waals surface area (Å²) >= 11 is 1.73. The van der Waals surface area contributed by atoms with E-state index < -0.39 is 0 Å². The summed E-state index contributed by atoms with van der Waals surface area (Å²) in [6.45, 7) is 6.57. The van der Waals surface area contributed by atoms with Crippen LogP contribution in [0.15, 0.2) is 29.6 Å². The first-order valence-electron chi connectivity index (χ1n) is 10.8. The van der Waals surface area contributed by atoms with E-state index in [9.17, 15) is 5.11 Å². The standard InChI is InChI=1S/C23H29N5OS/c1-3-15(6-12-29)16-4-5-17-19(14-16)24-20(21-23-18(25-26-21)7-13-30-23)22(17)28-10-8-27(2)9-11-28/h4-5,7,13-15,24,29H,3,6,8-12H2,1-2H3,(H,25,26). The predicted molar refractivity (Wildman–Crippen MR) is 126 cm³/mol. The molecule has 0 aliphatic carbocycles. The molecule has 5 rings (SSSR count). The first-order valence-corrected chi connectivity index (χ1v) is 11.7. The molecule has 1 unspecified atom stereocenters. The van der Waals surface area contributed by atoms with Crippen LogP contribution >= 0.6 is 11.3 Å². The minimum absolute atomic E-state index is 0.225. The van der Waals surface area contributed by atoms with Gasteiger partial charge in [0, 0.05) is 43.7 Å². The minimum Gasteiger partial charge on any atom is -0.396 e. The molecule has 0 amide bonds. The number of H-pyrrole nitrogens is 2. The molecular formula is C23H29N5OS. The van der Waals surface area contributed by atoms with Gasteiger partial charge in [-0.05, 0) is 48.9 Å². The Balaban J connectivity index is 1.66. The summed E-state index contributed by atoms with van der Waals surface area (Å²) in [5.74, 6) is 0.382. The largest absolute Gasteiger partial charge is 0.396 e. The zero-order valence-corrected chi connectivity index (χ0v) is 18.4. The second kappa shape index (κ2) is 8.06. The SMILES string of the molecule is CCC(CCO)c1ccc2c(N3CCN(C)CC3)c(-c3n[nH]c4ccsc34)[nH]c2c1. The Morgan fingerprint density at radius 3 is 2.77 bits per heavy atom. The summed E-state index contributed by atoms with van der Waals surface area (Å²) in [4.78, 5) is 8.62. The van der Waals surface area contributed by atoms with Crippen molar-refractivity contribution in [2.24, 2.45) is 0 Å². The van der Waals surface area contributed by atoms with Crippen molar-refractivity contribution in [2.75, 3.05) is 44.7 Å². The monoisotopic (exact) mass is 423 g/mol. The van der Waals surface area contributed by atoms with Crippen LogP contribution in [0.1, 0.15) is 31.2 Å². The molecule has 1 atom stereocenters. The summed E-state index contributed by atoms with van der Waals surface area (Å²) < 4.78 is 1.20. The molecule has 1 fully saturated rings. The average molecular weight is 424 g/mol. The molecule has 0 radical (unpaired) electrons. The molecule has 3 aromatic heterocycles. The van der Waals surface area contributed by atoms with Crippen LogP contribution in [0.3, 0.4) is 0 Å². The topological polar surface area (TPSA) is 71.2 Å². The Morgan fingerprint density at radius 1 is 1.17 bits per heavy atom. The molecule has 0 spiro atoms. The maximum absolute atomic E-state index is 9.46. The number of aromatic amines is 2. The van der Waals surface area contributed by atoms with E-state index in [4.69, 9.17) is 0 Å². The number of likely N-dealkylation sites (N-methyl/N-ethyl adjacent to an activating group) is 1. The second-order valence-corrected chi connectivity index (χ2v) is 9.21. The van der Waals surface area contributed by atoms with Gasteiger partial charge in [-0.25, -0.2) is 0 Å². The minimum atomic E-state index is 0.225. The fraction of sp³-hybridized carbons (Fsp3) is 0.435. The number of nitrogens with one attached hydrogen (secondary N) is 2. The van der Waals surface area contributed by atoms with E-state index in [0.717, 1.165) is 61.4 Å². The molecule has 1 saturated heterocycles. The highest BCUT2D eigenvalue weighted by molar-refractivity contribution is 7.17. The zero-order valence-electron chi connectivity index (χ0n) is 17.6. The molecule has 0 bridgehead atoms. The number of nitrogens with zero attached hydrogens (tertiary/aromatic N) is 3. The number of piperazine rings is 1. The van der Waals surface area contributed by atoms with Gasteiger partial charge in [-0.1, -0.05) is 19.1 Å². The Hall–Kier alpha value is -2.35. The first-order chi connectivity index (χ1) is 14.7. The molecule has 6 nitrogen and oxygen atoms in total. The predicted octanol–water partition coefficient (Wildman–Crippen LogP) is 4.40. The highest BCUT2D eigenvalue weighted by atomic mass is 32.1. The average Bonchev–Trinajstić information content (AvgIpc) is 3.46. The van der Waals surface area contributed by atoms with Gasteiger partial charge in [0.1, 0.15) is 5.69 Å². The summed E-state index contributed by atoms with van der Waals surface area (Å²) in [6.07, 6.45) is 1.83. The summed E-state index contributed by atoms with van der Waals surface area (Å²) in [5, 5.41) is 20.7. The number of aromatic nitrogens is 3. The maximum Gasteiger partial charge on any atom is 0.128 e. The van der Waals surface area contributed by atoms with E-state index in [2.05, 4.69) is 68.6 Å². The van der Waals surface area contributed by atoms with Crippen molar-refractivity contribution >= 4 is 38.1 Å². The molecule has 1 aliphatic heterocycles. The molecule has 1 aromatic carbocycles. The van der Waals surface area contributed by atoms with Crippen molar-refractivity contribution in [1.29, 1.82) is 0 Å². The van der Waals surface area contributed by atoms with E-state index in [-0.39, 0.29) is 6.61 Å². The van der Waals surface area contributed by atoms with Crippen LogP contribution in [0.4, 0.5) is 5.69 Å². The van der Waals surface area contributed by atoms with Gasteiger partial charge in [-0.2, -0.15) is 5.10 Å². The highest BCUT2D eigenvalue weighted by Crippen LogP contribution is 2.42. The van der Waals surface area contributed by atoms with Crippen molar-refractivity contribution in [3.63, 3.8) is 0 Å². The van der Waals surface area contributed by atoms with E-state index in [1.807, 2.05) is 0 Å². The number of hydrogen-bond acceptors (Lipinski definition) is 5. The lowest BCUT2D eigenvalue weighted by Crippen LogP contribution is -2.44. The number of thiophene rings is 1. The normalized spacial score (nSPS) is 16.7. The van der Waals surface area contributed by atoms with Crippen LogP contribution in [0, 0.1) is 0 Å². The third-order valence-corrected chi connectivity index (χ3v) is 7.38. The second-order valence-electron chi connectivity index (χ2n) is 8.30. The van der Waals surface area contributed by atoms with E-state index in [0.29, 0.717) is 5.92 Å².